The van der Waals surface area contributed by atoms with E-state index in [4.69, 9.17) is 11.6 Å². The fourth-order valence-corrected chi connectivity index (χ4v) is 6.68. The van der Waals surface area contributed by atoms with Crippen LogP contribution < -0.4 is 10.6 Å². The minimum atomic E-state index is -0.328. The lowest BCUT2D eigenvalue weighted by molar-refractivity contribution is -0.123. The van der Waals surface area contributed by atoms with E-state index in [2.05, 4.69) is 61.8 Å². The van der Waals surface area contributed by atoms with E-state index >= 15 is 0 Å². The first-order valence-electron chi connectivity index (χ1n) is 14.8. The molecule has 40 heavy (non-hydrogen) atoms. The number of allylic oxidation sites excluding steroid dienone is 2. The van der Waals surface area contributed by atoms with Gasteiger partial charge in [-0.05, 0) is 73.4 Å². The number of rotatable bonds is 6. The molecule has 1 heterocycles. The third-order valence-electron chi connectivity index (χ3n) is 8.68. The fourth-order valence-electron chi connectivity index (χ4n) is 6.46. The van der Waals surface area contributed by atoms with Gasteiger partial charge in [-0.2, -0.15) is 0 Å². The maximum atomic E-state index is 13.9. The highest BCUT2D eigenvalue weighted by atomic mass is 35.5. The summed E-state index contributed by atoms with van der Waals surface area (Å²) in [5.74, 6) is -0.418. The summed E-state index contributed by atoms with van der Waals surface area (Å²) in [6.07, 6.45) is 13.9. The second-order valence-electron chi connectivity index (χ2n) is 12.6. The molecule has 2 amide bonds. The molecular formula is C34H42ClN3O2. The molecule has 3 atom stereocenters. The first kappa shape index (κ1) is 28.5. The fraction of sp³-hybridized carbons (Fsp3) is 0.471. The Hall–Kier alpha value is -3.05. The summed E-state index contributed by atoms with van der Waals surface area (Å²) < 4.78 is 0. The maximum Gasteiger partial charge on any atom is 0.255 e. The molecular weight excluding hydrogens is 518 g/mol. The number of hydrogen-bond acceptors (Lipinski definition) is 3. The zero-order valence-corrected chi connectivity index (χ0v) is 24.7. The Labute approximate surface area is 244 Å². The molecule has 5 rings (SSSR count). The van der Waals surface area contributed by atoms with E-state index in [1.54, 1.807) is 12.1 Å². The van der Waals surface area contributed by atoms with Gasteiger partial charge in [-0.1, -0.05) is 81.6 Å². The standard InChI is InChI=1S/C34H42ClN3O2/c1-34(2,3)24-10-8-13-27(22-24)37-32(39)29-15-9-21-38(33(40)28-14-6-7-16-30(28)35)31(29)23-17-19-26(20-18-23)36-25-11-4-5-12-25/h6-8,10,13-14,16-17,19-20,22-23,25,29,31,36H,4-5,9,11-12,15,18,21H2,1-3H3,(H,37,39)/t23?,29-,31-/m0/s1. The molecule has 0 bridgehead atoms. The summed E-state index contributed by atoms with van der Waals surface area (Å²) in [4.78, 5) is 29.7. The number of benzene rings is 2. The number of anilines is 1. The molecule has 0 aromatic heterocycles. The molecule has 1 saturated heterocycles. The van der Waals surface area contributed by atoms with Crippen molar-refractivity contribution in [2.24, 2.45) is 11.8 Å². The second kappa shape index (κ2) is 12.2. The van der Waals surface area contributed by atoms with Gasteiger partial charge in [-0.15, -0.1) is 0 Å². The van der Waals surface area contributed by atoms with E-state index in [-0.39, 0.29) is 35.1 Å². The number of halogens is 1. The molecule has 3 aliphatic rings. The van der Waals surface area contributed by atoms with Gasteiger partial charge in [-0.25, -0.2) is 0 Å². The number of nitrogens with zero attached hydrogens (tertiary/aromatic N) is 1. The monoisotopic (exact) mass is 559 g/mol. The molecule has 1 saturated carbocycles. The number of nitrogens with one attached hydrogen (secondary N) is 2. The molecule has 0 radical (unpaired) electrons. The average molecular weight is 560 g/mol. The molecule has 1 unspecified atom stereocenters. The summed E-state index contributed by atoms with van der Waals surface area (Å²) >= 11 is 6.47. The van der Waals surface area contributed by atoms with Crippen molar-refractivity contribution in [3.63, 3.8) is 0 Å². The van der Waals surface area contributed by atoms with Gasteiger partial charge >= 0.3 is 0 Å². The van der Waals surface area contributed by atoms with Crippen molar-refractivity contribution in [3.8, 4) is 0 Å². The summed E-state index contributed by atoms with van der Waals surface area (Å²) in [6, 6.07) is 15.6. The van der Waals surface area contributed by atoms with Gasteiger partial charge in [0.15, 0.2) is 0 Å². The summed E-state index contributed by atoms with van der Waals surface area (Å²) in [6.45, 7) is 7.12. The van der Waals surface area contributed by atoms with Crippen LogP contribution in [0.25, 0.3) is 0 Å². The van der Waals surface area contributed by atoms with Crippen molar-refractivity contribution < 1.29 is 9.59 Å². The van der Waals surface area contributed by atoms with Gasteiger partial charge in [0.25, 0.3) is 5.91 Å². The highest BCUT2D eigenvalue weighted by Gasteiger charge is 2.42. The smallest absolute Gasteiger partial charge is 0.255 e. The number of amides is 2. The molecule has 2 fully saturated rings. The summed E-state index contributed by atoms with van der Waals surface area (Å²) in [5, 5.41) is 7.34. The van der Waals surface area contributed by atoms with Gasteiger partial charge in [0.05, 0.1) is 22.5 Å². The molecule has 212 valence electrons. The lowest BCUT2D eigenvalue weighted by Crippen LogP contribution is -2.55. The Morgan fingerprint density at radius 1 is 0.975 bits per heavy atom. The molecule has 5 nitrogen and oxygen atoms in total. The van der Waals surface area contributed by atoms with Crippen LogP contribution in [0.5, 0.6) is 0 Å². The molecule has 0 spiro atoms. The number of likely N-dealkylation sites (tertiary alicyclic amines) is 1. The van der Waals surface area contributed by atoms with Crippen LogP contribution in [0, 0.1) is 11.8 Å². The summed E-state index contributed by atoms with van der Waals surface area (Å²) in [5.41, 5.74) is 3.60. The minimum absolute atomic E-state index is 0.0181. The van der Waals surface area contributed by atoms with E-state index < -0.39 is 0 Å². The van der Waals surface area contributed by atoms with Gasteiger partial charge in [0, 0.05) is 29.9 Å². The molecule has 2 aromatic carbocycles. The van der Waals surface area contributed by atoms with Crippen molar-refractivity contribution in [1.29, 1.82) is 0 Å². The molecule has 2 N–H and O–H groups in total. The van der Waals surface area contributed by atoms with Crippen LogP contribution in [0.15, 0.2) is 72.5 Å². The normalized spacial score (nSPS) is 23.6. The number of piperidine rings is 1. The third kappa shape index (κ3) is 6.46. The highest BCUT2D eigenvalue weighted by molar-refractivity contribution is 6.33. The predicted molar refractivity (Wildman–Crippen MR) is 163 cm³/mol. The van der Waals surface area contributed by atoms with Crippen LogP contribution in [0.2, 0.25) is 5.02 Å². The van der Waals surface area contributed by atoms with Crippen molar-refractivity contribution in [1.82, 2.24) is 10.2 Å². The Morgan fingerprint density at radius 3 is 2.45 bits per heavy atom. The first-order valence-corrected chi connectivity index (χ1v) is 15.2. The lowest BCUT2D eigenvalue weighted by Gasteiger charge is -2.44. The first-order chi connectivity index (χ1) is 19.2. The van der Waals surface area contributed by atoms with Crippen LogP contribution >= 0.6 is 11.6 Å². The SMILES string of the molecule is CC(C)(C)c1cccc(NC(=O)[C@H]2CCCN(C(=O)c3ccccc3Cl)[C@H]2C2C=CC(NC3CCCC3)=CC2)c1. The number of hydrogen-bond donors (Lipinski definition) is 2. The van der Waals surface area contributed by atoms with Crippen molar-refractivity contribution in [2.45, 2.75) is 83.2 Å². The highest BCUT2D eigenvalue weighted by Crippen LogP contribution is 2.36. The number of carbonyl (C=O) groups is 2. The molecule has 6 heteroatoms. The third-order valence-corrected chi connectivity index (χ3v) is 9.01. The Bertz CT molecular complexity index is 1290. The van der Waals surface area contributed by atoms with E-state index in [0.29, 0.717) is 23.2 Å². The van der Waals surface area contributed by atoms with Crippen LogP contribution in [-0.2, 0) is 10.2 Å². The second-order valence-corrected chi connectivity index (χ2v) is 13.0. The zero-order chi connectivity index (χ0) is 28.3. The Balaban J connectivity index is 1.40. The lowest BCUT2D eigenvalue weighted by atomic mass is 9.77. The molecule has 1 aliphatic heterocycles. The molecule has 2 aromatic rings. The van der Waals surface area contributed by atoms with E-state index in [1.807, 2.05) is 29.2 Å². The minimum Gasteiger partial charge on any atom is -0.383 e. The number of carbonyl (C=O) groups excluding carboxylic acids is 2. The van der Waals surface area contributed by atoms with E-state index in [1.165, 1.54) is 31.2 Å². The maximum absolute atomic E-state index is 13.9. The van der Waals surface area contributed by atoms with Crippen LogP contribution in [-0.4, -0.2) is 35.3 Å². The Morgan fingerprint density at radius 2 is 1.75 bits per heavy atom. The van der Waals surface area contributed by atoms with Crippen molar-refractivity contribution >= 4 is 29.1 Å². The van der Waals surface area contributed by atoms with Crippen LogP contribution in [0.3, 0.4) is 0 Å². The Kier molecular flexibility index (Phi) is 8.70. The molecule has 2 aliphatic carbocycles. The van der Waals surface area contributed by atoms with Crippen LogP contribution in [0.1, 0.15) is 81.6 Å². The van der Waals surface area contributed by atoms with E-state index in [9.17, 15) is 9.59 Å². The van der Waals surface area contributed by atoms with Crippen molar-refractivity contribution in [2.75, 3.05) is 11.9 Å². The largest absolute Gasteiger partial charge is 0.383 e. The summed E-state index contributed by atoms with van der Waals surface area (Å²) in [7, 11) is 0. The van der Waals surface area contributed by atoms with Gasteiger partial charge in [0.1, 0.15) is 0 Å². The topological polar surface area (TPSA) is 61.4 Å². The zero-order valence-electron chi connectivity index (χ0n) is 24.0. The van der Waals surface area contributed by atoms with Gasteiger partial charge < -0.3 is 15.5 Å². The van der Waals surface area contributed by atoms with Crippen molar-refractivity contribution in [3.05, 3.63) is 88.6 Å². The van der Waals surface area contributed by atoms with Crippen LogP contribution in [0.4, 0.5) is 5.69 Å². The predicted octanol–water partition coefficient (Wildman–Crippen LogP) is 7.49. The quantitative estimate of drug-likeness (QED) is 0.385. The van der Waals surface area contributed by atoms with E-state index in [0.717, 1.165) is 30.6 Å². The van der Waals surface area contributed by atoms with Gasteiger partial charge in [-0.3, -0.25) is 9.59 Å². The average Bonchev–Trinajstić information content (AvgIpc) is 3.46. The van der Waals surface area contributed by atoms with Gasteiger partial charge in [0.2, 0.25) is 5.91 Å².